The first-order valence-electron chi connectivity index (χ1n) is 7.74. The number of nitrogens with one attached hydrogen (secondary N) is 3. The van der Waals surface area contributed by atoms with Crippen LogP contribution in [0.1, 0.15) is 11.6 Å². The van der Waals surface area contributed by atoms with Crippen molar-refractivity contribution < 1.29 is 14.0 Å². The minimum Gasteiger partial charge on any atom is -0.497 e. The van der Waals surface area contributed by atoms with Crippen molar-refractivity contribution in [3.05, 3.63) is 59.9 Å². The summed E-state index contributed by atoms with van der Waals surface area (Å²) >= 11 is 5.27. The van der Waals surface area contributed by atoms with E-state index in [1.807, 2.05) is 24.3 Å². The van der Waals surface area contributed by atoms with E-state index in [2.05, 4.69) is 24.7 Å². The first-order chi connectivity index (χ1) is 11.5. The summed E-state index contributed by atoms with van der Waals surface area (Å²) in [4.78, 5) is 1.27. The zero-order chi connectivity index (χ0) is 17.5. The first kappa shape index (κ1) is 18.2. The van der Waals surface area contributed by atoms with Crippen molar-refractivity contribution in [2.24, 2.45) is 0 Å². The molecule has 0 bridgehead atoms. The van der Waals surface area contributed by atoms with Crippen LogP contribution in [0.5, 0.6) is 5.75 Å². The Kier molecular flexibility index (Phi) is 6.52. The van der Waals surface area contributed by atoms with Crippen molar-refractivity contribution in [1.29, 1.82) is 0 Å². The number of methoxy groups -OCH3 is 1. The van der Waals surface area contributed by atoms with Gasteiger partial charge in [-0.1, -0.05) is 12.1 Å². The molecule has 4 nitrogen and oxygen atoms in total. The summed E-state index contributed by atoms with van der Waals surface area (Å²) in [6, 6.07) is 14.6. The second-order valence-corrected chi connectivity index (χ2v) is 6.13. The van der Waals surface area contributed by atoms with Crippen molar-refractivity contribution in [2.75, 3.05) is 33.1 Å². The molecule has 2 aromatic carbocycles. The predicted octanol–water partition coefficient (Wildman–Crippen LogP) is 2.01. The van der Waals surface area contributed by atoms with E-state index in [0.717, 1.165) is 5.75 Å². The minimum absolute atomic E-state index is 0.205. The monoisotopic (exact) mass is 348 g/mol. The largest absolute Gasteiger partial charge is 0.497 e. The van der Waals surface area contributed by atoms with Crippen LogP contribution in [0.15, 0.2) is 48.5 Å². The van der Waals surface area contributed by atoms with E-state index in [4.69, 9.17) is 17.0 Å². The number of likely N-dealkylation sites (N-methyl/N-ethyl adjacent to an activating group) is 1. The fraction of sp³-hybridized carbons (Fsp3) is 0.278. The van der Waals surface area contributed by atoms with E-state index >= 15 is 0 Å². The zero-order valence-electron chi connectivity index (χ0n) is 14.1. The molecule has 0 spiro atoms. The molecular weight excluding hydrogens is 325 g/mol. The SMILES string of the molecule is COc1ccc([C@@H](CNC(=S)Nc2ccccc2F)[NH+](C)C)cc1. The molecule has 24 heavy (non-hydrogen) atoms. The number of halogens is 1. The molecule has 6 heteroatoms. The number of thiocarbonyl (C=S) groups is 1. The van der Waals surface area contributed by atoms with Gasteiger partial charge in [-0.3, -0.25) is 0 Å². The fourth-order valence-corrected chi connectivity index (χ4v) is 2.61. The second kappa shape index (κ2) is 8.61. The van der Waals surface area contributed by atoms with Gasteiger partial charge < -0.3 is 20.3 Å². The molecule has 0 aliphatic heterocycles. The molecule has 0 radical (unpaired) electrons. The number of quaternary nitrogens is 1. The highest BCUT2D eigenvalue weighted by molar-refractivity contribution is 7.80. The van der Waals surface area contributed by atoms with Gasteiger partial charge in [0.05, 0.1) is 33.4 Å². The van der Waals surface area contributed by atoms with E-state index in [1.54, 1.807) is 25.3 Å². The molecule has 0 aromatic heterocycles. The van der Waals surface area contributed by atoms with Gasteiger partial charge in [0.15, 0.2) is 5.11 Å². The van der Waals surface area contributed by atoms with Crippen molar-refractivity contribution in [3.8, 4) is 5.75 Å². The van der Waals surface area contributed by atoms with Crippen LogP contribution in [0.2, 0.25) is 0 Å². The van der Waals surface area contributed by atoms with Gasteiger partial charge in [-0.25, -0.2) is 4.39 Å². The molecule has 2 rings (SSSR count). The van der Waals surface area contributed by atoms with E-state index in [-0.39, 0.29) is 11.9 Å². The Morgan fingerprint density at radius 2 is 1.83 bits per heavy atom. The molecule has 0 aliphatic carbocycles. The van der Waals surface area contributed by atoms with E-state index < -0.39 is 0 Å². The lowest BCUT2D eigenvalue weighted by molar-refractivity contribution is -0.890. The minimum atomic E-state index is -0.327. The van der Waals surface area contributed by atoms with E-state index in [9.17, 15) is 4.39 Å². The van der Waals surface area contributed by atoms with E-state index in [0.29, 0.717) is 17.3 Å². The molecule has 1 atom stereocenters. The maximum absolute atomic E-state index is 13.6. The number of benzene rings is 2. The van der Waals surface area contributed by atoms with Gasteiger partial charge in [-0.2, -0.15) is 0 Å². The van der Waals surface area contributed by atoms with Gasteiger partial charge >= 0.3 is 0 Å². The lowest BCUT2D eigenvalue weighted by atomic mass is 10.1. The Balaban J connectivity index is 1.98. The third-order valence-electron chi connectivity index (χ3n) is 3.80. The number of hydrogen-bond donors (Lipinski definition) is 3. The van der Waals surface area contributed by atoms with Gasteiger partial charge in [0.2, 0.25) is 0 Å². The lowest BCUT2D eigenvalue weighted by Crippen LogP contribution is -3.07. The number of rotatable bonds is 6. The average molecular weight is 348 g/mol. The maximum atomic E-state index is 13.6. The van der Waals surface area contributed by atoms with Crippen molar-refractivity contribution in [1.82, 2.24) is 5.32 Å². The molecule has 0 heterocycles. The molecule has 3 N–H and O–H groups in total. The van der Waals surface area contributed by atoms with Gasteiger partial charge in [0.1, 0.15) is 17.6 Å². The number of hydrogen-bond acceptors (Lipinski definition) is 2. The summed E-state index contributed by atoms with van der Waals surface area (Å²) in [7, 11) is 5.83. The van der Waals surface area contributed by atoms with Crippen molar-refractivity contribution in [2.45, 2.75) is 6.04 Å². The van der Waals surface area contributed by atoms with Crippen LogP contribution < -0.4 is 20.3 Å². The highest BCUT2D eigenvalue weighted by atomic mass is 32.1. The second-order valence-electron chi connectivity index (χ2n) is 5.72. The first-order valence-corrected chi connectivity index (χ1v) is 8.15. The van der Waals surface area contributed by atoms with Gasteiger partial charge in [0, 0.05) is 5.56 Å². The average Bonchev–Trinajstić information content (AvgIpc) is 2.57. The molecule has 0 saturated carbocycles. The quantitative estimate of drug-likeness (QED) is 0.698. The summed E-state index contributed by atoms with van der Waals surface area (Å²) in [6.45, 7) is 0.634. The summed E-state index contributed by atoms with van der Waals surface area (Å²) in [6.07, 6.45) is 0. The third-order valence-corrected chi connectivity index (χ3v) is 4.05. The molecular formula is C18H23FN3OS+. The molecule has 0 saturated heterocycles. The molecule has 0 fully saturated rings. The standard InChI is InChI=1S/C18H22FN3OS/c1-22(2)17(13-8-10-14(23-3)11-9-13)12-20-18(24)21-16-7-5-4-6-15(16)19/h4-11,17H,12H2,1-3H3,(H2,20,21,24)/p+1/t17-/m1/s1. The summed E-state index contributed by atoms with van der Waals surface area (Å²) in [5.41, 5.74) is 1.55. The molecule has 128 valence electrons. The third kappa shape index (κ3) is 4.91. The normalized spacial score (nSPS) is 11.9. The van der Waals surface area contributed by atoms with Crippen LogP contribution >= 0.6 is 12.2 Å². The Morgan fingerprint density at radius 1 is 1.17 bits per heavy atom. The Labute approximate surface area is 147 Å². The fourth-order valence-electron chi connectivity index (χ4n) is 2.42. The number of ether oxygens (including phenoxy) is 1. The zero-order valence-corrected chi connectivity index (χ0v) is 14.9. The number of anilines is 1. The van der Waals surface area contributed by atoms with Crippen LogP contribution in [0.25, 0.3) is 0 Å². The Bertz CT molecular complexity index is 676. The van der Waals surface area contributed by atoms with Crippen LogP contribution in [-0.4, -0.2) is 32.9 Å². The van der Waals surface area contributed by atoms with Gasteiger partial charge in [0.25, 0.3) is 0 Å². The summed E-state index contributed by atoms with van der Waals surface area (Å²) in [5, 5.41) is 6.46. The van der Waals surface area contributed by atoms with Crippen LogP contribution in [-0.2, 0) is 0 Å². The molecule has 0 aliphatic rings. The van der Waals surface area contributed by atoms with Crippen molar-refractivity contribution >= 4 is 23.0 Å². The van der Waals surface area contributed by atoms with E-state index in [1.165, 1.54) is 16.5 Å². The van der Waals surface area contributed by atoms with Crippen LogP contribution in [0.4, 0.5) is 10.1 Å². The topological polar surface area (TPSA) is 37.7 Å². The molecule has 0 amide bonds. The van der Waals surface area contributed by atoms with Crippen LogP contribution in [0, 0.1) is 5.82 Å². The highest BCUT2D eigenvalue weighted by Gasteiger charge is 2.18. The Hall–Kier alpha value is -2.18. The summed E-state index contributed by atoms with van der Waals surface area (Å²) in [5.74, 6) is 0.502. The summed E-state index contributed by atoms with van der Waals surface area (Å²) < 4.78 is 18.8. The Morgan fingerprint density at radius 3 is 2.42 bits per heavy atom. The molecule has 2 aromatic rings. The smallest absolute Gasteiger partial charge is 0.171 e. The number of para-hydroxylation sites is 1. The highest BCUT2D eigenvalue weighted by Crippen LogP contribution is 2.16. The van der Waals surface area contributed by atoms with Gasteiger partial charge in [-0.15, -0.1) is 0 Å². The maximum Gasteiger partial charge on any atom is 0.171 e. The lowest BCUT2D eigenvalue weighted by Gasteiger charge is -2.23. The molecule has 0 unspecified atom stereocenters. The predicted molar refractivity (Wildman–Crippen MR) is 99.2 cm³/mol. The van der Waals surface area contributed by atoms with Gasteiger partial charge in [-0.05, 0) is 48.6 Å². The van der Waals surface area contributed by atoms with Crippen LogP contribution in [0.3, 0.4) is 0 Å². The van der Waals surface area contributed by atoms with Crippen molar-refractivity contribution in [3.63, 3.8) is 0 Å².